The Morgan fingerprint density at radius 3 is 2.65 bits per heavy atom. The van der Waals surface area contributed by atoms with Gasteiger partial charge < -0.3 is 19.8 Å². The van der Waals surface area contributed by atoms with E-state index in [9.17, 15) is 9.59 Å². The summed E-state index contributed by atoms with van der Waals surface area (Å²) in [6.45, 7) is 0.256. The van der Waals surface area contributed by atoms with Gasteiger partial charge in [0.1, 0.15) is 5.75 Å². The quantitative estimate of drug-likeness (QED) is 0.406. The Labute approximate surface area is 178 Å². The first-order valence-corrected chi connectivity index (χ1v) is 9.60. The van der Waals surface area contributed by atoms with Gasteiger partial charge in [0.2, 0.25) is 0 Å². The molecule has 0 bridgehead atoms. The first kappa shape index (κ1) is 20.0. The number of aromatic nitrogens is 2. The number of hydrogen-bond donors (Lipinski definition) is 3. The standard InChI is InChI=1S/C23H20N4O4/c28-22(24-14-16-6-8-17(9-7-16)20-10-11-25-27-20)15-31-19-4-1-3-18(13-19)26-23(29)21-5-2-12-30-21/h1-13H,14-15H2,(H,24,28)(H,25,27)(H,26,29). The number of benzene rings is 2. The normalized spacial score (nSPS) is 10.5. The van der Waals surface area contributed by atoms with Gasteiger partial charge in [0.25, 0.3) is 11.8 Å². The van der Waals surface area contributed by atoms with Gasteiger partial charge in [0.05, 0.1) is 12.0 Å². The fourth-order valence-electron chi connectivity index (χ4n) is 2.88. The number of amides is 2. The van der Waals surface area contributed by atoms with Gasteiger partial charge in [-0.05, 0) is 41.5 Å². The minimum Gasteiger partial charge on any atom is -0.484 e. The van der Waals surface area contributed by atoms with E-state index in [-0.39, 0.29) is 24.2 Å². The fraction of sp³-hybridized carbons (Fsp3) is 0.0870. The Balaban J connectivity index is 1.24. The molecule has 4 rings (SSSR count). The van der Waals surface area contributed by atoms with Crippen LogP contribution in [0.4, 0.5) is 5.69 Å². The number of hydrogen-bond acceptors (Lipinski definition) is 5. The highest BCUT2D eigenvalue weighted by molar-refractivity contribution is 6.02. The summed E-state index contributed by atoms with van der Waals surface area (Å²) in [5.74, 6) is 0.0701. The average Bonchev–Trinajstić information content (AvgIpc) is 3.51. The molecule has 0 spiro atoms. The number of aromatic amines is 1. The lowest BCUT2D eigenvalue weighted by Crippen LogP contribution is -2.28. The van der Waals surface area contributed by atoms with Crippen LogP contribution < -0.4 is 15.4 Å². The topological polar surface area (TPSA) is 109 Å². The second-order valence-electron chi connectivity index (χ2n) is 6.69. The van der Waals surface area contributed by atoms with E-state index in [0.29, 0.717) is 18.0 Å². The molecular formula is C23H20N4O4. The molecule has 156 valence electrons. The zero-order valence-corrected chi connectivity index (χ0v) is 16.5. The Morgan fingerprint density at radius 2 is 1.90 bits per heavy atom. The van der Waals surface area contributed by atoms with E-state index in [4.69, 9.17) is 9.15 Å². The average molecular weight is 416 g/mol. The summed E-state index contributed by atoms with van der Waals surface area (Å²) < 4.78 is 10.6. The molecule has 0 aliphatic heterocycles. The Bertz CT molecular complexity index is 1140. The van der Waals surface area contributed by atoms with E-state index in [1.54, 1.807) is 42.6 Å². The van der Waals surface area contributed by atoms with Crippen molar-refractivity contribution >= 4 is 17.5 Å². The third-order valence-electron chi connectivity index (χ3n) is 4.46. The van der Waals surface area contributed by atoms with Crippen LogP contribution in [0.3, 0.4) is 0 Å². The maximum absolute atomic E-state index is 12.1. The molecule has 0 saturated carbocycles. The number of furan rings is 1. The molecule has 0 radical (unpaired) electrons. The maximum Gasteiger partial charge on any atom is 0.291 e. The van der Waals surface area contributed by atoms with Crippen LogP contribution in [0, 0.1) is 0 Å². The van der Waals surface area contributed by atoms with Gasteiger partial charge in [0.15, 0.2) is 12.4 Å². The van der Waals surface area contributed by atoms with E-state index in [1.165, 1.54) is 6.26 Å². The SMILES string of the molecule is O=C(COc1cccc(NC(=O)c2ccco2)c1)NCc1ccc(-c2ccn[nH]2)cc1. The van der Waals surface area contributed by atoms with Crippen LogP contribution in [0.1, 0.15) is 16.1 Å². The van der Waals surface area contributed by atoms with Crippen molar-refractivity contribution < 1.29 is 18.7 Å². The molecule has 8 nitrogen and oxygen atoms in total. The molecule has 0 fully saturated rings. The number of carbonyl (C=O) groups excluding carboxylic acids is 2. The zero-order chi connectivity index (χ0) is 21.5. The first-order chi connectivity index (χ1) is 15.2. The molecule has 0 aliphatic rings. The molecule has 0 unspecified atom stereocenters. The number of rotatable bonds is 8. The number of carbonyl (C=O) groups is 2. The van der Waals surface area contributed by atoms with E-state index in [1.807, 2.05) is 30.3 Å². The van der Waals surface area contributed by atoms with E-state index < -0.39 is 0 Å². The van der Waals surface area contributed by atoms with Gasteiger partial charge in [-0.3, -0.25) is 14.7 Å². The summed E-state index contributed by atoms with van der Waals surface area (Å²) in [4.78, 5) is 24.2. The van der Waals surface area contributed by atoms with Crippen molar-refractivity contribution in [2.24, 2.45) is 0 Å². The molecule has 2 heterocycles. The summed E-state index contributed by atoms with van der Waals surface area (Å²) in [5.41, 5.74) is 3.47. The van der Waals surface area contributed by atoms with Gasteiger partial charge in [0, 0.05) is 24.5 Å². The lowest BCUT2D eigenvalue weighted by Gasteiger charge is -2.10. The molecule has 31 heavy (non-hydrogen) atoms. The highest BCUT2D eigenvalue weighted by Gasteiger charge is 2.09. The number of H-pyrrole nitrogens is 1. The van der Waals surface area contributed by atoms with Crippen LogP contribution in [0.5, 0.6) is 5.75 Å². The Hall–Kier alpha value is -4.33. The highest BCUT2D eigenvalue weighted by atomic mass is 16.5. The van der Waals surface area contributed by atoms with Crippen LogP contribution in [-0.4, -0.2) is 28.6 Å². The lowest BCUT2D eigenvalue weighted by atomic mass is 10.1. The Kier molecular flexibility index (Phi) is 6.08. The molecule has 0 aliphatic carbocycles. The summed E-state index contributed by atoms with van der Waals surface area (Å²) >= 11 is 0. The van der Waals surface area contributed by atoms with Crippen molar-refractivity contribution in [3.8, 4) is 17.0 Å². The summed E-state index contributed by atoms with van der Waals surface area (Å²) in [6.07, 6.45) is 3.13. The van der Waals surface area contributed by atoms with Crippen LogP contribution in [-0.2, 0) is 11.3 Å². The van der Waals surface area contributed by atoms with E-state index >= 15 is 0 Å². The van der Waals surface area contributed by atoms with Gasteiger partial charge in [-0.1, -0.05) is 30.3 Å². The van der Waals surface area contributed by atoms with E-state index in [0.717, 1.165) is 16.8 Å². The lowest BCUT2D eigenvalue weighted by molar-refractivity contribution is -0.123. The number of anilines is 1. The molecule has 3 N–H and O–H groups in total. The number of nitrogens with one attached hydrogen (secondary N) is 3. The number of ether oxygens (including phenoxy) is 1. The molecule has 2 amide bonds. The third kappa shape index (κ3) is 5.39. The van der Waals surface area contributed by atoms with Crippen molar-refractivity contribution in [2.45, 2.75) is 6.54 Å². The minimum absolute atomic E-state index is 0.137. The molecule has 0 atom stereocenters. The summed E-state index contributed by atoms with van der Waals surface area (Å²) in [7, 11) is 0. The predicted molar refractivity (Wildman–Crippen MR) is 114 cm³/mol. The first-order valence-electron chi connectivity index (χ1n) is 9.60. The summed E-state index contributed by atoms with van der Waals surface area (Å²) in [5, 5.41) is 12.4. The van der Waals surface area contributed by atoms with Crippen molar-refractivity contribution in [3.63, 3.8) is 0 Å². The molecular weight excluding hydrogens is 396 g/mol. The van der Waals surface area contributed by atoms with Gasteiger partial charge in [-0.15, -0.1) is 0 Å². The van der Waals surface area contributed by atoms with Crippen LogP contribution in [0.2, 0.25) is 0 Å². The smallest absolute Gasteiger partial charge is 0.291 e. The Morgan fingerprint density at radius 1 is 1.03 bits per heavy atom. The fourth-order valence-corrected chi connectivity index (χ4v) is 2.88. The van der Waals surface area contributed by atoms with Crippen molar-refractivity contribution in [2.75, 3.05) is 11.9 Å². The highest BCUT2D eigenvalue weighted by Crippen LogP contribution is 2.19. The monoisotopic (exact) mass is 416 g/mol. The van der Waals surface area contributed by atoms with Crippen molar-refractivity contribution in [3.05, 3.63) is 90.5 Å². The van der Waals surface area contributed by atoms with Crippen LogP contribution >= 0.6 is 0 Å². The molecule has 2 aromatic heterocycles. The van der Waals surface area contributed by atoms with Gasteiger partial charge >= 0.3 is 0 Å². The van der Waals surface area contributed by atoms with Crippen LogP contribution in [0.15, 0.2) is 83.6 Å². The second kappa shape index (κ2) is 9.45. The third-order valence-corrected chi connectivity index (χ3v) is 4.46. The van der Waals surface area contributed by atoms with Crippen molar-refractivity contribution in [1.29, 1.82) is 0 Å². The van der Waals surface area contributed by atoms with Crippen molar-refractivity contribution in [1.82, 2.24) is 15.5 Å². The van der Waals surface area contributed by atoms with Gasteiger partial charge in [-0.2, -0.15) is 5.10 Å². The molecule has 8 heteroatoms. The van der Waals surface area contributed by atoms with Crippen LogP contribution in [0.25, 0.3) is 11.3 Å². The van der Waals surface area contributed by atoms with Gasteiger partial charge in [-0.25, -0.2) is 0 Å². The zero-order valence-electron chi connectivity index (χ0n) is 16.5. The molecule has 4 aromatic rings. The molecule has 0 saturated heterocycles. The summed E-state index contributed by atoms with van der Waals surface area (Å²) in [6, 6.07) is 19.7. The largest absolute Gasteiger partial charge is 0.484 e. The maximum atomic E-state index is 12.1. The molecule has 2 aromatic carbocycles. The minimum atomic E-state index is -0.363. The van der Waals surface area contributed by atoms with E-state index in [2.05, 4.69) is 20.8 Å². The number of nitrogens with zero attached hydrogens (tertiary/aromatic N) is 1. The second-order valence-corrected chi connectivity index (χ2v) is 6.69. The predicted octanol–water partition coefficient (Wildman–Crippen LogP) is 3.62.